The summed E-state index contributed by atoms with van der Waals surface area (Å²) in [5.41, 5.74) is 0.713. The van der Waals surface area contributed by atoms with Crippen molar-refractivity contribution in [1.29, 1.82) is 0 Å². The molecule has 2 rings (SSSR count). The van der Waals surface area contributed by atoms with Crippen LogP contribution in [-0.2, 0) is 9.59 Å². The molecular formula is C13H17BrClN3O2. The summed E-state index contributed by atoms with van der Waals surface area (Å²) in [5, 5.41) is 8.50. The number of carbonyl (C=O) groups excluding carboxylic acids is 2. The van der Waals surface area contributed by atoms with E-state index in [1.165, 1.54) is 0 Å². The monoisotopic (exact) mass is 361 g/mol. The molecule has 2 amide bonds. The van der Waals surface area contributed by atoms with E-state index in [0.717, 1.165) is 17.4 Å². The highest BCUT2D eigenvalue weighted by Gasteiger charge is 2.22. The number of carbonyl (C=O) groups is 2. The summed E-state index contributed by atoms with van der Waals surface area (Å²) in [7, 11) is 0. The molecule has 5 nitrogen and oxygen atoms in total. The van der Waals surface area contributed by atoms with Gasteiger partial charge in [-0.3, -0.25) is 9.59 Å². The van der Waals surface area contributed by atoms with Gasteiger partial charge in [0.25, 0.3) is 0 Å². The highest BCUT2D eigenvalue weighted by molar-refractivity contribution is 9.10. The van der Waals surface area contributed by atoms with Crippen molar-refractivity contribution >= 4 is 45.8 Å². The third-order valence-electron chi connectivity index (χ3n) is 2.98. The molecule has 0 spiro atoms. The minimum atomic E-state index is -0.221. The van der Waals surface area contributed by atoms with Crippen LogP contribution < -0.4 is 16.0 Å². The van der Waals surface area contributed by atoms with Crippen molar-refractivity contribution in [3.8, 4) is 0 Å². The van der Waals surface area contributed by atoms with E-state index in [0.29, 0.717) is 12.2 Å². The predicted octanol–water partition coefficient (Wildman–Crippen LogP) is 1.54. The second-order valence-electron chi connectivity index (χ2n) is 4.46. The van der Waals surface area contributed by atoms with Crippen LogP contribution in [0.25, 0.3) is 0 Å². The van der Waals surface area contributed by atoms with Crippen LogP contribution in [0.1, 0.15) is 6.42 Å². The first-order valence-corrected chi connectivity index (χ1v) is 6.98. The fraction of sp³-hybridized carbons (Fsp3) is 0.385. The maximum absolute atomic E-state index is 11.7. The summed E-state index contributed by atoms with van der Waals surface area (Å²) in [6.07, 6.45) is 0.833. The Hall–Kier alpha value is -1.11. The molecule has 20 heavy (non-hydrogen) atoms. The van der Waals surface area contributed by atoms with Gasteiger partial charge in [0.05, 0.1) is 12.5 Å². The van der Waals surface area contributed by atoms with E-state index >= 15 is 0 Å². The van der Waals surface area contributed by atoms with Gasteiger partial charge in [0.15, 0.2) is 0 Å². The van der Waals surface area contributed by atoms with Gasteiger partial charge in [-0.1, -0.05) is 15.9 Å². The van der Waals surface area contributed by atoms with E-state index in [9.17, 15) is 9.59 Å². The molecule has 1 heterocycles. The summed E-state index contributed by atoms with van der Waals surface area (Å²) in [6, 6.07) is 7.28. The average molecular weight is 363 g/mol. The fourth-order valence-electron chi connectivity index (χ4n) is 1.93. The molecule has 0 aliphatic carbocycles. The first kappa shape index (κ1) is 16.9. The Balaban J connectivity index is 0.00000200. The number of nitrogens with one attached hydrogen (secondary N) is 3. The van der Waals surface area contributed by atoms with Crippen molar-refractivity contribution in [3.05, 3.63) is 28.7 Å². The second kappa shape index (κ2) is 8.24. The lowest BCUT2D eigenvalue weighted by Gasteiger charge is -2.10. The molecule has 1 aromatic carbocycles. The van der Waals surface area contributed by atoms with Gasteiger partial charge in [-0.2, -0.15) is 0 Å². The third kappa shape index (κ3) is 5.11. The zero-order valence-electron chi connectivity index (χ0n) is 10.8. The van der Waals surface area contributed by atoms with Gasteiger partial charge in [0.2, 0.25) is 11.8 Å². The molecule has 1 saturated heterocycles. The predicted molar refractivity (Wildman–Crippen MR) is 84.0 cm³/mol. The summed E-state index contributed by atoms with van der Waals surface area (Å²) in [4.78, 5) is 23.4. The lowest BCUT2D eigenvalue weighted by molar-refractivity contribution is -0.126. The molecule has 1 aliphatic rings. The van der Waals surface area contributed by atoms with Crippen molar-refractivity contribution in [2.45, 2.75) is 6.42 Å². The van der Waals surface area contributed by atoms with Gasteiger partial charge >= 0.3 is 0 Å². The van der Waals surface area contributed by atoms with Gasteiger partial charge in [-0.05, 0) is 37.2 Å². The molecule has 1 aliphatic heterocycles. The van der Waals surface area contributed by atoms with Crippen LogP contribution in [0.3, 0.4) is 0 Å². The molecule has 1 aromatic rings. The van der Waals surface area contributed by atoms with Gasteiger partial charge in [0.1, 0.15) is 0 Å². The maximum Gasteiger partial charge on any atom is 0.243 e. The topological polar surface area (TPSA) is 70.2 Å². The number of anilines is 1. The van der Waals surface area contributed by atoms with Crippen molar-refractivity contribution in [3.63, 3.8) is 0 Å². The van der Waals surface area contributed by atoms with Gasteiger partial charge in [-0.25, -0.2) is 0 Å². The van der Waals surface area contributed by atoms with Gasteiger partial charge in [-0.15, -0.1) is 12.4 Å². The summed E-state index contributed by atoms with van der Waals surface area (Å²) in [6.45, 7) is 1.56. The first-order chi connectivity index (χ1) is 9.15. The maximum atomic E-state index is 11.7. The number of halogens is 2. The molecule has 0 saturated carbocycles. The van der Waals surface area contributed by atoms with Crippen molar-refractivity contribution in [2.24, 2.45) is 5.92 Å². The number of hydrogen-bond donors (Lipinski definition) is 3. The SMILES string of the molecule is Cl.O=C(CNC(=O)C1CCNC1)Nc1ccc(Br)cc1. The van der Waals surface area contributed by atoms with Crippen LogP contribution in [0, 0.1) is 5.92 Å². The zero-order valence-corrected chi connectivity index (χ0v) is 13.2. The summed E-state index contributed by atoms with van der Waals surface area (Å²) >= 11 is 3.32. The Morgan fingerprint density at radius 2 is 2.00 bits per heavy atom. The first-order valence-electron chi connectivity index (χ1n) is 6.19. The molecule has 0 aromatic heterocycles. The van der Waals surface area contributed by atoms with Crippen molar-refractivity contribution < 1.29 is 9.59 Å². The van der Waals surface area contributed by atoms with Crippen molar-refractivity contribution in [1.82, 2.24) is 10.6 Å². The largest absolute Gasteiger partial charge is 0.347 e. The fourth-order valence-corrected chi connectivity index (χ4v) is 2.19. The molecule has 0 bridgehead atoms. The Morgan fingerprint density at radius 3 is 2.60 bits per heavy atom. The molecular weight excluding hydrogens is 346 g/mol. The summed E-state index contributed by atoms with van der Waals surface area (Å²) < 4.78 is 0.951. The number of hydrogen-bond acceptors (Lipinski definition) is 3. The van der Waals surface area contributed by atoms with E-state index < -0.39 is 0 Å². The van der Waals surface area contributed by atoms with Gasteiger partial charge in [0, 0.05) is 16.7 Å². The lowest BCUT2D eigenvalue weighted by Crippen LogP contribution is -2.37. The highest BCUT2D eigenvalue weighted by Crippen LogP contribution is 2.13. The average Bonchev–Trinajstić information content (AvgIpc) is 2.93. The molecule has 1 fully saturated rings. The molecule has 3 N–H and O–H groups in total. The van der Waals surface area contributed by atoms with E-state index in [-0.39, 0.29) is 36.7 Å². The normalized spacial score (nSPS) is 17.1. The highest BCUT2D eigenvalue weighted by atomic mass is 79.9. The summed E-state index contributed by atoms with van der Waals surface area (Å²) in [5.74, 6) is -0.293. The third-order valence-corrected chi connectivity index (χ3v) is 3.51. The van der Waals surface area contributed by atoms with Gasteiger partial charge < -0.3 is 16.0 Å². The smallest absolute Gasteiger partial charge is 0.243 e. The van der Waals surface area contributed by atoms with E-state index in [1.54, 1.807) is 12.1 Å². The molecule has 1 atom stereocenters. The van der Waals surface area contributed by atoms with E-state index in [1.807, 2.05) is 12.1 Å². The van der Waals surface area contributed by atoms with Crippen LogP contribution >= 0.6 is 28.3 Å². The molecule has 0 radical (unpaired) electrons. The number of benzene rings is 1. The number of amides is 2. The van der Waals surface area contributed by atoms with Crippen LogP contribution in [-0.4, -0.2) is 31.4 Å². The Kier molecular flexibility index (Phi) is 6.98. The lowest BCUT2D eigenvalue weighted by atomic mass is 10.1. The van der Waals surface area contributed by atoms with Crippen LogP contribution in [0.4, 0.5) is 5.69 Å². The zero-order chi connectivity index (χ0) is 13.7. The quantitative estimate of drug-likeness (QED) is 0.761. The van der Waals surface area contributed by atoms with Crippen LogP contribution in [0.5, 0.6) is 0 Å². The number of rotatable bonds is 4. The standard InChI is InChI=1S/C13H16BrN3O2.ClH/c14-10-1-3-11(4-2-10)17-12(18)8-16-13(19)9-5-6-15-7-9;/h1-4,9,15H,5-8H2,(H,16,19)(H,17,18);1H. The molecule has 1 unspecified atom stereocenters. The Morgan fingerprint density at radius 1 is 1.30 bits per heavy atom. The second-order valence-corrected chi connectivity index (χ2v) is 5.38. The molecule has 110 valence electrons. The van der Waals surface area contributed by atoms with E-state index in [2.05, 4.69) is 31.9 Å². The Labute approximate surface area is 132 Å². The minimum Gasteiger partial charge on any atom is -0.347 e. The van der Waals surface area contributed by atoms with Crippen LogP contribution in [0.2, 0.25) is 0 Å². The van der Waals surface area contributed by atoms with Crippen molar-refractivity contribution in [2.75, 3.05) is 25.0 Å². The van der Waals surface area contributed by atoms with E-state index in [4.69, 9.17) is 0 Å². The molecule has 7 heteroatoms. The Bertz CT molecular complexity index is 461. The minimum absolute atomic E-state index is 0. The van der Waals surface area contributed by atoms with Crippen LogP contribution in [0.15, 0.2) is 28.7 Å².